The largest absolute Gasteiger partial charge is 0.469 e. The van der Waals surface area contributed by atoms with E-state index in [0.717, 1.165) is 0 Å². The normalized spacial score (nSPS) is 28.6. The van der Waals surface area contributed by atoms with E-state index in [1.54, 1.807) is 0 Å². The Hall–Kier alpha value is 0.220. The summed E-state index contributed by atoms with van der Waals surface area (Å²) in [7, 11) is -2.96. The molecule has 0 bridgehead atoms. The van der Waals surface area contributed by atoms with E-state index in [1.165, 1.54) is 0 Å². The highest BCUT2D eigenvalue weighted by atomic mass is 35.5. The molecule has 1 saturated heterocycles. The number of hydrogen-bond acceptors (Lipinski definition) is 4. The third-order valence-electron chi connectivity index (χ3n) is 2.47. The maximum Gasteiger partial charge on any atom is 0.257 e. The number of ether oxygens (including phenoxy) is 1. The number of alkyl halides is 2. The molecule has 0 aliphatic carbocycles. The molecular formula is C9H15Cl2NO3S2. The molecule has 0 spiro atoms. The molecule has 0 saturated carbocycles. The fourth-order valence-corrected chi connectivity index (χ4v) is 4.16. The van der Waals surface area contributed by atoms with Gasteiger partial charge in [-0.3, -0.25) is 0 Å². The molecule has 0 radical (unpaired) electrons. The summed E-state index contributed by atoms with van der Waals surface area (Å²) in [6.07, 6.45) is 0.526. The van der Waals surface area contributed by atoms with E-state index in [2.05, 4.69) is 5.32 Å². The highest BCUT2D eigenvalue weighted by Crippen LogP contribution is 2.22. The van der Waals surface area contributed by atoms with E-state index in [9.17, 15) is 8.42 Å². The molecule has 1 fully saturated rings. The second kappa shape index (κ2) is 5.91. The van der Waals surface area contributed by atoms with Gasteiger partial charge in [0.1, 0.15) is 6.61 Å². The van der Waals surface area contributed by atoms with Crippen LogP contribution < -0.4 is 5.32 Å². The van der Waals surface area contributed by atoms with Gasteiger partial charge in [0.15, 0.2) is 9.84 Å². The standard InChI is InChI=1S/C9H15Cl2NO3S2/c1-9(2-3-17(13,14)6-9)12-8(16)15-5-7(11)4-10/h7H,2-6H2,1H3,(H,12,16)/t7-,9+/m1/s1. The Morgan fingerprint density at radius 3 is 2.76 bits per heavy atom. The lowest BCUT2D eigenvalue weighted by Crippen LogP contribution is -2.47. The Balaban J connectivity index is 2.41. The van der Waals surface area contributed by atoms with Crippen LogP contribution in [0.2, 0.25) is 0 Å². The number of nitrogens with one attached hydrogen (secondary N) is 1. The monoisotopic (exact) mass is 319 g/mol. The number of halogens is 2. The minimum absolute atomic E-state index is 0.0727. The van der Waals surface area contributed by atoms with Gasteiger partial charge in [-0.05, 0) is 25.6 Å². The maximum atomic E-state index is 11.4. The second-order valence-corrected chi connectivity index (χ2v) is 7.86. The molecule has 1 heterocycles. The first kappa shape index (κ1) is 15.3. The molecule has 1 aliphatic heterocycles. The molecule has 8 heteroatoms. The van der Waals surface area contributed by atoms with Gasteiger partial charge < -0.3 is 10.1 Å². The van der Waals surface area contributed by atoms with Crippen LogP contribution in [0.25, 0.3) is 0 Å². The van der Waals surface area contributed by atoms with Crippen molar-refractivity contribution in [3.8, 4) is 0 Å². The second-order valence-electron chi connectivity index (χ2n) is 4.38. The molecule has 0 aromatic rings. The van der Waals surface area contributed by atoms with Crippen molar-refractivity contribution in [3.63, 3.8) is 0 Å². The zero-order valence-corrected chi connectivity index (χ0v) is 12.6. The van der Waals surface area contributed by atoms with Crippen LogP contribution in [0.15, 0.2) is 0 Å². The van der Waals surface area contributed by atoms with Gasteiger partial charge in [0.05, 0.1) is 22.4 Å². The summed E-state index contributed by atoms with van der Waals surface area (Å²) in [6.45, 7) is 2.02. The van der Waals surface area contributed by atoms with Crippen LogP contribution in [0.3, 0.4) is 0 Å². The summed E-state index contributed by atoms with van der Waals surface area (Å²) in [5.74, 6) is 0.526. The van der Waals surface area contributed by atoms with Crippen LogP contribution in [0.4, 0.5) is 0 Å². The van der Waals surface area contributed by atoms with Crippen molar-refractivity contribution in [1.82, 2.24) is 5.32 Å². The number of rotatable bonds is 4. The molecule has 1 rings (SSSR count). The topological polar surface area (TPSA) is 55.4 Å². The van der Waals surface area contributed by atoms with Gasteiger partial charge >= 0.3 is 0 Å². The van der Waals surface area contributed by atoms with E-state index in [0.29, 0.717) is 6.42 Å². The third kappa shape index (κ3) is 5.16. The molecule has 1 aliphatic rings. The summed E-state index contributed by atoms with van der Waals surface area (Å²) in [5.41, 5.74) is -0.543. The molecule has 4 nitrogen and oxygen atoms in total. The van der Waals surface area contributed by atoms with Crippen molar-refractivity contribution in [2.24, 2.45) is 0 Å². The molecule has 0 aromatic heterocycles. The first-order valence-electron chi connectivity index (χ1n) is 5.12. The molecule has 0 unspecified atom stereocenters. The Kier molecular flexibility index (Phi) is 5.31. The average Bonchev–Trinajstić information content (AvgIpc) is 2.49. The predicted octanol–water partition coefficient (Wildman–Crippen LogP) is 1.30. The highest BCUT2D eigenvalue weighted by Gasteiger charge is 2.39. The molecule has 0 amide bonds. The van der Waals surface area contributed by atoms with Crippen molar-refractivity contribution in [2.45, 2.75) is 24.3 Å². The fourth-order valence-electron chi connectivity index (χ4n) is 1.60. The van der Waals surface area contributed by atoms with E-state index in [4.69, 9.17) is 40.2 Å². The first-order valence-corrected chi connectivity index (χ1v) is 8.32. The van der Waals surface area contributed by atoms with Crippen molar-refractivity contribution >= 4 is 50.4 Å². The van der Waals surface area contributed by atoms with Crippen LogP contribution in [-0.2, 0) is 14.6 Å². The van der Waals surface area contributed by atoms with Crippen LogP contribution in [0.1, 0.15) is 13.3 Å². The SMILES string of the molecule is C[C@]1(NC(=S)OC[C@H](Cl)CCl)CCS(=O)(=O)C1. The lowest BCUT2D eigenvalue weighted by molar-refractivity contribution is 0.285. The van der Waals surface area contributed by atoms with Crippen LogP contribution >= 0.6 is 35.4 Å². The fraction of sp³-hybridized carbons (Fsp3) is 0.889. The van der Waals surface area contributed by atoms with Gasteiger partial charge in [-0.2, -0.15) is 0 Å². The molecule has 1 N–H and O–H groups in total. The molecular weight excluding hydrogens is 305 g/mol. The Bertz CT molecular complexity index is 388. The van der Waals surface area contributed by atoms with Crippen molar-refractivity contribution in [2.75, 3.05) is 24.0 Å². The van der Waals surface area contributed by atoms with E-state index in [1.807, 2.05) is 6.92 Å². The summed E-state index contributed by atoms with van der Waals surface area (Å²) >= 11 is 16.3. The molecule has 2 atom stereocenters. The number of sulfone groups is 1. The average molecular weight is 320 g/mol. The molecule has 17 heavy (non-hydrogen) atoms. The summed E-state index contributed by atoms with van der Waals surface area (Å²) in [5, 5.41) is 2.78. The molecule has 0 aromatic carbocycles. The minimum atomic E-state index is -2.96. The Morgan fingerprint density at radius 2 is 2.29 bits per heavy atom. The maximum absolute atomic E-state index is 11.4. The lowest BCUT2D eigenvalue weighted by atomic mass is 10.0. The summed E-state index contributed by atoms with van der Waals surface area (Å²) in [6, 6.07) is 0. The van der Waals surface area contributed by atoms with Crippen LogP contribution in [0, 0.1) is 0 Å². The smallest absolute Gasteiger partial charge is 0.257 e. The molecule has 100 valence electrons. The zero-order valence-electron chi connectivity index (χ0n) is 9.41. The zero-order chi connectivity index (χ0) is 13.1. The third-order valence-corrected chi connectivity index (χ3v) is 5.40. The minimum Gasteiger partial charge on any atom is -0.469 e. The predicted molar refractivity (Wildman–Crippen MR) is 73.7 cm³/mol. The van der Waals surface area contributed by atoms with E-state index in [-0.39, 0.29) is 34.5 Å². The summed E-state index contributed by atoms with van der Waals surface area (Å²) < 4.78 is 28.0. The number of hydrogen-bond donors (Lipinski definition) is 1. The van der Waals surface area contributed by atoms with Crippen LogP contribution in [0.5, 0.6) is 0 Å². The van der Waals surface area contributed by atoms with Crippen LogP contribution in [-0.4, -0.2) is 48.5 Å². The van der Waals surface area contributed by atoms with Gasteiger partial charge in [-0.25, -0.2) is 8.42 Å². The van der Waals surface area contributed by atoms with Gasteiger partial charge in [-0.1, -0.05) is 0 Å². The van der Waals surface area contributed by atoms with Crippen molar-refractivity contribution < 1.29 is 13.2 Å². The highest BCUT2D eigenvalue weighted by molar-refractivity contribution is 7.91. The van der Waals surface area contributed by atoms with Gasteiger partial charge in [0, 0.05) is 5.88 Å². The Morgan fingerprint density at radius 1 is 1.65 bits per heavy atom. The Labute approximate surface area is 117 Å². The van der Waals surface area contributed by atoms with Gasteiger partial charge in [0.25, 0.3) is 5.17 Å². The summed E-state index contributed by atoms with van der Waals surface area (Å²) in [4.78, 5) is 0. The lowest BCUT2D eigenvalue weighted by Gasteiger charge is -2.25. The van der Waals surface area contributed by atoms with Crippen molar-refractivity contribution in [3.05, 3.63) is 0 Å². The quantitative estimate of drug-likeness (QED) is 0.625. The van der Waals surface area contributed by atoms with E-state index < -0.39 is 15.4 Å². The van der Waals surface area contributed by atoms with Gasteiger partial charge in [0.2, 0.25) is 0 Å². The van der Waals surface area contributed by atoms with E-state index >= 15 is 0 Å². The van der Waals surface area contributed by atoms with Crippen molar-refractivity contribution in [1.29, 1.82) is 0 Å². The van der Waals surface area contributed by atoms with Gasteiger partial charge in [-0.15, -0.1) is 23.2 Å². The number of thiocarbonyl (C=S) groups is 1. The first-order chi connectivity index (χ1) is 7.76.